The molecule has 1 aromatic heterocycles. The van der Waals surface area contributed by atoms with Gasteiger partial charge in [0.05, 0.1) is 5.69 Å². The van der Waals surface area contributed by atoms with Gasteiger partial charge in [0, 0.05) is 12.7 Å². The molecule has 0 aliphatic heterocycles. The zero-order chi connectivity index (χ0) is 10.4. The van der Waals surface area contributed by atoms with Crippen molar-refractivity contribution in [3.8, 4) is 0 Å². The second-order valence-corrected chi connectivity index (χ2v) is 3.39. The lowest BCUT2D eigenvalue weighted by molar-refractivity contribution is 0.576. The Morgan fingerprint density at radius 2 is 2.43 bits per heavy atom. The van der Waals surface area contributed by atoms with Crippen LogP contribution >= 0.6 is 0 Å². The highest BCUT2D eigenvalue weighted by molar-refractivity contribution is 5.14. The third-order valence-corrected chi connectivity index (χ3v) is 2.26. The molecule has 1 heterocycles. The Bertz CT molecular complexity index is 321. The van der Waals surface area contributed by atoms with Crippen LogP contribution in [0.15, 0.2) is 36.6 Å². The highest BCUT2D eigenvalue weighted by atomic mass is 15.3. The molecule has 2 heteroatoms. The molecule has 0 aliphatic rings. The first-order valence-corrected chi connectivity index (χ1v) is 5.04. The number of allylic oxidation sites excluding steroid dienone is 3. The van der Waals surface area contributed by atoms with Gasteiger partial charge in [0.25, 0.3) is 0 Å². The lowest BCUT2D eigenvalue weighted by Gasteiger charge is -2.02. The average molecular weight is 190 g/mol. The quantitative estimate of drug-likeness (QED) is 0.652. The summed E-state index contributed by atoms with van der Waals surface area (Å²) in [4.78, 5) is 0. The van der Waals surface area contributed by atoms with Crippen LogP contribution in [0.3, 0.4) is 0 Å². The molecule has 14 heavy (non-hydrogen) atoms. The maximum Gasteiger partial charge on any atom is 0.0593 e. The molecule has 2 nitrogen and oxygen atoms in total. The van der Waals surface area contributed by atoms with Crippen LogP contribution in [0.4, 0.5) is 0 Å². The molecule has 76 valence electrons. The second kappa shape index (κ2) is 5.43. The Kier molecular flexibility index (Phi) is 4.17. The molecule has 0 radical (unpaired) electrons. The van der Waals surface area contributed by atoms with Crippen LogP contribution in [-0.4, -0.2) is 9.78 Å². The van der Waals surface area contributed by atoms with Gasteiger partial charge < -0.3 is 0 Å². The van der Waals surface area contributed by atoms with E-state index in [-0.39, 0.29) is 0 Å². The fourth-order valence-corrected chi connectivity index (χ4v) is 1.40. The summed E-state index contributed by atoms with van der Waals surface area (Å²) in [7, 11) is 0. The fourth-order valence-electron chi connectivity index (χ4n) is 1.40. The molecule has 0 fully saturated rings. The molecule has 0 saturated heterocycles. The van der Waals surface area contributed by atoms with E-state index >= 15 is 0 Å². The first-order chi connectivity index (χ1) is 6.76. The Labute approximate surface area is 85.9 Å². The minimum Gasteiger partial charge on any atom is -0.272 e. The highest BCUT2D eigenvalue weighted by Gasteiger charge is 1.95. The van der Waals surface area contributed by atoms with E-state index in [0.717, 1.165) is 25.1 Å². The number of nitrogens with zero attached hydrogens (tertiary/aromatic N) is 2. The standard InChI is InChI=1S/C12H18N2/c1-4-12(5-2)7-6-9-14-10-8-11(3)13-14/h4-5,8,10H,1,6-7,9H2,2-3H3/b12-5+. The Morgan fingerprint density at radius 1 is 1.64 bits per heavy atom. The zero-order valence-electron chi connectivity index (χ0n) is 9.03. The van der Waals surface area contributed by atoms with Gasteiger partial charge in [-0.3, -0.25) is 4.68 Å². The number of rotatable bonds is 5. The molecule has 0 saturated carbocycles. The lowest BCUT2D eigenvalue weighted by Crippen LogP contribution is -1.99. The SMILES string of the molecule is C=C/C(=C\C)CCCn1ccc(C)n1. The topological polar surface area (TPSA) is 17.8 Å². The van der Waals surface area contributed by atoms with Crippen molar-refractivity contribution in [2.24, 2.45) is 0 Å². The van der Waals surface area contributed by atoms with Gasteiger partial charge in [-0.2, -0.15) is 5.10 Å². The van der Waals surface area contributed by atoms with Crippen LogP contribution < -0.4 is 0 Å². The Balaban J connectivity index is 2.31. The summed E-state index contributed by atoms with van der Waals surface area (Å²) >= 11 is 0. The number of hydrogen-bond acceptors (Lipinski definition) is 1. The largest absolute Gasteiger partial charge is 0.272 e. The van der Waals surface area contributed by atoms with Crippen LogP contribution in [0.2, 0.25) is 0 Å². The fraction of sp³-hybridized carbons (Fsp3) is 0.417. The van der Waals surface area contributed by atoms with Crippen LogP contribution in [0.5, 0.6) is 0 Å². The third kappa shape index (κ3) is 3.21. The highest BCUT2D eigenvalue weighted by Crippen LogP contribution is 2.07. The lowest BCUT2D eigenvalue weighted by atomic mass is 10.1. The molecule has 0 aromatic carbocycles. The van der Waals surface area contributed by atoms with Crippen molar-refractivity contribution in [2.75, 3.05) is 0 Å². The summed E-state index contributed by atoms with van der Waals surface area (Å²) in [5.74, 6) is 0. The maximum atomic E-state index is 4.33. The average Bonchev–Trinajstić information content (AvgIpc) is 2.59. The predicted molar refractivity (Wildman–Crippen MR) is 60.2 cm³/mol. The maximum absolute atomic E-state index is 4.33. The van der Waals surface area contributed by atoms with Gasteiger partial charge in [0.2, 0.25) is 0 Å². The van der Waals surface area contributed by atoms with E-state index < -0.39 is 0 Å². The van der Waals surface area contributed by atoms with Gasteiger partial charge in [-0.1, -0.05) is 24.3 Å². The van der Waals surface area contributed by atoms with E-state index in [1.807, 2.05) is 29.9 Å². The van der Waals surface area contributed by atoms with Gasteiger partial charge >= 0.3 is 0 Å². The van der Waals surface area contributed by atoms with E-state index in [2.05, 4.69) is 24.7 Å². The molecule has 0 spiro atoms. The van der Waals surface area contributed by atoms with E-state index in [0.29, 0.717) is 0 Å². The molecule has 0 unspecified atom stereocenters. The van der Waals surface area contributed by atoms with Crippen molar-refractivity contribution in [3.05, 3.63) is 42.3 Å². The van der Waals surface area contributed by atoms with Gasteiger partial charge in [0.1, 0.15) is 0 Å². The number of aryl methyl sites for hydroxylation is 2. The summed E-state index contributed by atoms with van der Waals surface area (Å²) in [6, 6.07) is 2.03. The second-order valence-electron chi connectivity index (χ2n) is 3.39. The van der Waals surface area contributed by atoms with Crippen LogP contribution in [0.25, 0.3) is 0 Å². The molecule has 1 rings (SSSR count). The molecular formula is C12H18N2. The molecular weight excluding hydrogens is 172 g/mol. The van der Waals surface area contributed by atoms with E-state index in [1.54, 1.807) is 0 Å². The van der Waals surface area contributed by atoms with Gasteiger partial charge in [0.15, 0.2) is 0 Å². The van der Waals surface area contributed by atoms with E-state index in [1.165, 1.54) is 5.57 Å². The Hall–Kier alpha value is -1.31. The number of hydrogen-bond donors (Lipinski definition) is 0. The van der Waals surface area contributed by atoms with Crippen molar-refractivity contribution in [3.63, 3.8) is 0 Å². The molecule has 0 atom stereocenters. The smallest absolute Gasteiger partial charge is 0.0593 e. The first kappa shape index (κ1) is 10.8. The molecule has 0 amide bonds. The molecule has 0 aliphatic carbocycles. The number of aromatic nitrogens is 2. The van der Waals surface area contributed by atoms with Crippen molar-refractivity contribution in [1.82, 2.24) is 9.78 Å². The molecule has 0 N–H and O–H groups in total. The third-order valence-electron chi connectivity index (χ3n) is 2.26. The summed E-state index contributed by atoms with van der Waals surface area (Å²) < 4.78 is 1.99. The van der Waals surface area contributed by atoms with Crippen LogP contribution in [0, 0.1) is 6.92 Å². The zero-order valence-corrected chi connectivity index (χ0v) is 9.03. The molecule has 1 aromatic rings. The summed E-state index contributed by atoms with van der Waals surface area (Å²) in [5, 5.41) is 4.33. The van der Waals surface area contributed by atoms with Crippen molar-refractivity contribution < 1.29 is 0 Å². The van der Waals surface area contributed by atoms with Crippen molar-refractivity contribution >= 4 is 0 Å². The van der Waals surface area contributed by atoms with Gasteiger partial charge in [-0.25, -0.2) is 0 Å². The minimum absolute atomic E-state index is 0.985. The summed E-state index contributed by atoms with van der Waals surface area (Å²) in [6.45, 7) is 8.82. The monoisotopic (exact) mass is 190 g/mol. The van der Waals surface area contributed by atoms with Gasteiger partial charge in [-0.05, 0) is 32.8 Å². The summed E-state index contributed by atoms with van der Waals surface area (Å²) in [5.41, 5.74) is 2.40. The normalized spacial score (nSPS) is 11.7. The first-order valence-electron chi connectivity index (χ1n) is 5.04. The van der Waals surface area contributed by atoms with E-state index in [4.69, 9.17) is 0 Å². The molecule has 0 bridgehead atoms. The summed E-state index contributed by atoms with van der Waals surface area (Å²) in [6.07, 6.45) is 8.26. The Morgan fingerprint density at radius 3 is 2.93 bits per heavy atom. The van der Waals surface area contributed by atoms with Crippen molar-refractivity contribution in [2.45, 2.75) is 33.2 Å². The van der Waals surface area contributed by atoms with Crippen LogP contribution in [0.1, 0.15) is 25.5 Å². The van der Waals surface area contributed by atoms with Gasteiger partial charge in [-0.15, -0.1) is 0 Å². The minimum atomic E-state index is 0.985. The van der Waals surface area contributed by atoms with E-state index in [9.17, 15) is 0 Å². The van der Waals surface area contributed by atoms with Crippen LogP contribution in [-0.2, 0) is 6.54 Å². The van der Waals surface area contributed by atoms with Crippen molar-refractivity contribution in [1.29, 1.82) is 0 Å². The predicted octanol–water partition coefficient (Wildman–Crippen LogP) is 3.10.